The van der Waals surface area contributed by atoms with Crippen LogP contribution in [0, 0.1) is 0 Å². The Morgan fingerprint density at radius 3 is 2.44 bits per heavy atom. The monoisotopic (exact) mass is 408 g/mol. The molecule has 142 valence electrons. The predicted molar refractivity (Wildman–Crippen MR) is 101 cm³/mol. The minimum atomic E-state index is -3.86. The van der Waals surface area contributed by atoms with Crippen molar-refractivity contribution in [1.82, 2.24) is 5.48 Å². The van der Waals surface area contributed by atoms with E-state index in [1.54, 1.807) is 29.7 Å². The van der Waals surface area contributed by atoms with E-state index in [2.05, 4.69) is 4.72 Å². The van der Waals surface area contributed by atoms with Gasteiger partial charge >= 0.3 is 0 Å². The number of thiophene rings is 1. The van der Waals surface area contributed by atoms with E-state index in [0.29, 0.717) is 27.4 Å². The number of amides is 1. The first-order chi connectivity index (χ1) is 12.9. The van der Waals surface area contributed by atoms with Crippen LogP contribution in [0.3, 0.4) is 0 Å². The Hall–Kier alpha value is -2.82. The van der Waals surface area contributed by atoms with Crippen LogP contribution in [0.4, 0.5) is 5.69 Å². The molecule has 8 nitrogen and oxygen atoms in total. The molecule has 10 heteroatoms. The molecule has 3 N–H and O–H groups in total. The smallest absolute Gasteiger partial charge is 0.284 e. The molecule has 27 heavy (non-hydrogen) atoms. The third kappa shape index (κ3) is 3.82. The lowest BCUT2D eigenvalue weighted by atomic mass is 10.2. The van der Waals surface area contributed by atoms with Gasteiger partial charge in [0.25, 0.3) is 15.9 Å². The van der Waals surface area contributed by atoms with Crippen LogP contribution in [0.5, 0.6) is 11.5 Å². The summed E-state index contributed by atoms with van der Waals surface area (Å²) < 4.78 is 38.9. The summed E-state index contributed by atoms with van der Waals surface area (Å²) in [7, 11) is -0.968. The summed E-state index contributed by atoms with van der Waals surface area (Å²) in [5.41, 5.74) is 1.91. The summed E-state index contributed by atoms with van der Waals surface area (Å²) in [6.45, 7) is 0. The second-order valence-corrected chi connectivity index (χ2v) is 8.19. The van der Waals surface area contributed by atoms with Gasteiger partial charge in [-0.25, -0.2) is 13.9 Å². The van der Waals surface area contributed by atoms with Gasteiger partial charge in [-0.3, -0.25) is 14.7 Å². The normalized spacial score (nSPS) is 11.2. The standard InChI is InChI=1S/C17H16N2O6S2/c1-24-13-5-4-12(9-14(13)25-2)27(22,23)19-11-3-6-15-10(7-11)8-16(26-15)17(20)18-21/h3-9,19,21H,1-2H3,(H,18,20). The van der Waals surface area contributed by atoms with Crippen molar-refractivity contribution in [2.45, 2.75) is 4.90 Å². The van der Waals surface area contributed by atoms with E-state index < -0.39 is 15.9 Å². The van der Waals surface area contributed by atoms with E-state index in [4.69, 9.17) is 14.7 Å². The number of carbonyl (C=O) groups excluding carboxylic acids is 1. The van der Waals surface area contributed by atoms with Gasteiger partial charge in [0.05, 0.1) is 24.0 Å². The molecule has 0 aliphatic carbocycles. The summed E-state index contributed by atoms with van der Waals surface area (Å²) >= 11 is 1.18. The predicted octanol–water partition coefficient (Wildman–Crippen LogP) is 2.84. The molecule has 3 rings (SSSR count). The Kier molecular flexibility index (Phi) is 5.22. The van der Waals surface area contributed by atoms with Gasteiger partial charge in [-0.15, -0.1) is 11.3 Å². The fourth-order valence-corrected chi connectivity index (χ4v) is 4.47. The fourth-order valence-electron chi connectivity index (χ4n) is 2.47. The number of hydrogen-bond donors (Lipinski definition) is 3. The fraction of sp³-hybridized carbons (Fsp3) is 0.118. The van der Waals surface area contributed by atoms with Crippen LogP contribution in [0.25, 0.3) is 10.1 Å². The summed E-state index contributed by atoms with van der Waals surface area (Å²) in [6.07, 6.45) is 0. The van der Waals surface area contributed by atoms with Gasteiger partial charge in [-0.05, 0) is 41.8 Å². The molecule has 3 aromatic rings. The van der Waals surface area contributed by atoms with Crippen molar-refractivity contribution in [2.75, 3.05) is 18.9 Å². The highest BCUT2D eigenvalue weighted by atomic mass is 32.2. The molecule has 0 saturated carbocycles. The van der Waals surface area contributed by atoms with Crippen LogP contribution < -0.4 is 19.7 Å². The Morgan fingerprint density at radius 2 is 1.78 bits per heavy atom. The molecule has 2 aromatic carbocycles. The zero-order valence-corrected chi connectivity index (χ0v) is 16.0. The lowest BCUT2D eigenvalue weighted by Crippen LogP contribution is -2.16. The molecule has 1 aromatic heterocycles. The molecular weight excluding hydrogens is 392 g/mol. The largest absolute Gasteiger partial charge is 0.493 e. The molecule has 1 amide bonds. The van der Waals surface area contributed by atoms with E-state index in [1.807, 2.05) is 0 Å². The van der Waals surface area contributed by atoms with Crippen LogP contribution in [0.2, 0.25) is 0 Å². The molecule has 0 unspecified atom stereocenters. The highest BCUT2D eigenvalue weighted by molar-refractivity contribution is 7.92. The summed E-state index contributed by atoms with van der Waals surface area (Å²) in [5, 5.41) is 9.40. The Labute approximate surface area is 159 Å². The first kappa shape index (κ1) is 19.0. The number of benzene rings is 2. The Balaban J connectivity index is 1.92. The molecule has 0 fully saturated rings. The van der Waals surface area contributed by atoms with E-state index in [1.165, 1.54) is 43.8 Å². The summed E-state index contributed by atoms with van der Waals surface area (Å²) in [4.78, 5) is 11.8. The maximum Gasteiger partial charge on any atom is 0.284 e. The van der Waals surface area contributed by atoms with Crippen molar-refractivity contribution in [3.8, 4) is 11.5 Å². The van der Waals surface area contributed by atoms with Crippen LogP contribution in [-0.2, 0) is 10.0 Å². The zero-order valence-electron chi connectivity index (χ0n) is 14.3. The zero-order chi connectivity index (χ0) is 19.6. The third-order valence-corrected chi connectivity index (χ3v) is 6.25. The maximum absolute atomic E-state index is 12.7. The third-order valence-electron chi connectivity index (χ3n) is 3.76. The van der Waals surface area contributed by atoms with E-state index in [9.17, 15) is 13.2 Å². The van der Waals surface area contributed by atoms with Gasteiger partial charge in [0.2, 0.25) is 0 Å². The maximum atomic E-state index is 12.7. The van der Waals surface area contributed by atoms with Crippen molar-refractivity contribution in [2.24, 2.45) is 0 Å². The highest BCUT2D eigenvalue weighted by Crippen LogP contribution is 2.32. The van der Waals surface area contributed by atoms with E-state index in [-0.39, 0.29) is 4.90 Å². The van der Waals surface area contributed by atoms with Crippen LogP contribution in [-0.4, -0.2) is 33.8 Å². The SMILES string of the molecule is COc1ccc(S(=O)(=O)Nc2ccc3sc(C(=O)NO)cc3c2)cc1OC. The quantitative estimate of drug-likeness (QED) is 0.427. The minimum absolute atomic E-state index is 0.0194. The van der Waals surface area contributed by atoms with Gasteiger partial charge in [-0.2, -0.15) is 0 Å². The van der Waals surface area contributed by atoms with Gasteiger partial charge < -0.3 is 9.47 Å². The van der Waals surface area contributed by atoms with Gasteiger partial charge in [0.15, 0.2) is 11.5 Å². The number of hydroxylamine groups is 1. The van der Waals surface area contributed by atoms with Crippen molar-refractivity contribution in [3.05, 3.63) is 47.3 Å². The molecule has 0 saturated heterocycles. The number of carbonyl (C=O) groups is 1. The Bertz CT molecular complexity index is 1110. The van der Waals surface area contributed by atoms with Crippen molar-refractivity contribution in [3.63, 3.8) is 0 Å². The number of hydrogen-bond acceptors (Lipinski definition) is 7. The van der Waals surface area contributed by atoms with Gasteiger partial charge in [0, 0.05) is 16.5 Å². The average Bonchev–Trinajstić information content (AvgIpc) is 3.09. The molecular formula is C17H16N2O6S2. The molecule has 0 radical (unpaired) electrons. The van der Waals surface area contributed by atoms with Gasteiger partial charge in [0.1, 0.15) is 0 Å². The number of sulfonamides is 1. The van der Waals surface area contributed by atoms with Crippen LogP contribution >= 0.6 is 11.3 Å². The second kappa shape index (κ2) is 7.43. The average molecular weight is 408 g/mol. The molecule has 0 aliphatic heterocycles. The highest BCUT2D eigenvalue weighted by Gasteiger charge is 2.18. The van der Waals surface area contributed by atoms with Crippen molar-refractivity contribution in [1.29, 1.82) is 0 Å². The number of methoxy groups -OCH3 is 2. The van der Waals surface area contributed by atoms with Gasteiger partial charge in [-0.1, -0.05) is 0 Å². The lowest BCUT2D eigenvalue weighted by Gasteiger charge is -2.11. The number of nitrogens with one attached hydrogen (secondary N) is 2. The molecule has 0 spiro atoms. The topological polar surface area (TPSA) is 114 Å². The Morgan fingerprint density at radius 1 is 1.04 bits per heavy atom. The number of ether oxygens (including phenoxy) is 2. The minimum Gasteiger partial charge on any atom is -0.493 e. The molecule has 1 heterocycles. The molecule has 0 atom stereocenters. The summed E-state index contributed by atoms with van der Waals surface area (Å²) in [6, 6.07) is 10.8. The van der Waals surface area contributed by atoms with Crippen LogP contribution in [0.1, 0.15) is 9.67 Å². The van der Waals surface area contributed by atoms with Crippen LogP contribution in [0.15, 0.2) is 47.4 Å². The van der Waals surface area contributed by atoms with Crippen molar-refractivity contribution >= 4 is 43.0 Å². The summed E-state index contributed by atoms with van der Waals surface area (Å²) in [5.74, 6) is 0.0998. The lowest BCUT2D eigenvalue weighted by molar-refractivity contribution is 0.0711. The van der Waals surface area contributed by atoms with E-state index in [0.717, 1.165) is 4.70 Å². The number of anilines is 1. The van der Waals surface area contributed by atoms with E-state index >= 15 is 0 Å². The first-order valence-electron chi connectivity index (χ1n) is 7.61. The number of fused-ring (bicyclic) bond motifs is 1. The molecule has 0 bridgehead atoms. The first-order valence-corrected chi connectivity index (χ1v) is 9.91. The molecule has 0 aliphatic rings. The van der Waals surface area contributed by atoms with Crippen molar-refractivity contribution < 1.29 is 27.9 Å². The number of rotatable bonds is 6. The second-order valence-electron chi connectivity index (χ2n) is 5.43.